The van der Waals surface area contributed by atoms with E-state index in [0.29, 0.717) is 11.9 Å². The van der Waals surface area contributed by atoms with Gasteiger partial charge in [-0.25, -0.2) is 0 Å². The summed E-state index contributed by atoms with van der Waals surface area (Å²) in [6.07, 6.45) is 2.56. The van der Waals surface area contributed by atoms with Crippen LogP contribution in [0.3, 0.4) is 0 Å². The maximum absolute atomic E-state index is 11.8. The Morgan fingerprint density at radius 2 is 2.16 bits per heavy atom. The molecule has 2 rings (SSSR count). The number of nitrogens with one attached hydrogen (secondary N) is 1. The minimum absolute atomic E-state index is 0.0403. The number of halogens is 1. The molecule has 100 valence electrons. The molecule has 19 heavy (non-hydrogen) atoms. The molecule has 1 N–H and O–H groups in total. The van der Waals surface area contributed by atoms with Gasteiger partial charge in [-0.2, -0.15) is 0 Å². The molecule has 2 aromatic rings. The first-order chi connectivity index (χ1) is 9.11. The van der Waals surface area contributed by atoms with Crippen LogP contribution in [0.5, 0.6) is 0 Å². The topological polar surface area (TPSA) is 51.1 Å². The number of hydrogen-bond donors (Lipinski definition) is 1. The van der Waals surface area contributed by atoms with E-state index in [1.165, 1.54) is 6.07 Å². The third-order valence-corrected chi connectivity index (χ3v) is 3.32. The minimum Gasteiger partial charge on any atom is -0.355 e. The van der Waals surface area contributed by atoms with E-state index in [-0.39, 0.29) is 17.9 Å². The highest BCUT2D eigenvalue weighted by Crippen LogP contribution is 2.16. The second-order valence-corrected chi connectivity index (χ2v) is 5.23. The van der Waals surface area contributed by atoms with E-state index in [2.05, 4.69) is 21.2 Å². The molecule has 5 heteroatoms. The second-order valence-electron chi connectivity index (χ2n) is 4.32. The maximum atomic E-state index is 11.8. The normalized spacial score (nSPS) is 10.6. The molecule has 4 nitrogen and oxygen atoms in total. The van der Waals surface area contributed by atoms with E-state index in [1.807, 2.05) is 19.1 Å². The summed E-state index contributed by atoms with van der Waals surface area (Å²) in [7, 11) is 0. The van der Waals surface area contributed by atoms with Gasteiger partial charge in [0.2, 0.25) is 5.91 Å². The highest BCUT2D eigenvalue weighted by Gasteiger charge is 2.06. The number of carbonyl (C=O) groups excluding carboxylic acids is 1. The number of carbonyl (C=O) groups is 1. The highest BCUT2D eigenvalue weighted by molar-refractivity contribution is 9.10. The van der Waals surface area contributed by atoms with Crippen molar-refractivity contribution < 1.29 is 4.79 Å². The van der Waals surface area contributed by atoms with Crippen molar-refractivity contribution in [3.63, 3.8) is 0 Å². The Balaban J connectivity index is 2.37. The molecule has 0 aliphatic carbocycles. The summed E-state index contributed by atoms with van der Waals surface area (Å²) in [5.41, 5.74) is 0.726. The number of rotatable bonds is 4. The van der Waals surface area contributed by atoms with Gasteiger partial charge >= 0.3 is 0 Å². The number of nitrogens with zero attached hydrogens (tertiary/aromatic N) is 1. The predicted molar refractivity (Wildman–Crippen MR) is 79.2 cm³/mol. The minimum atomic E-state index is -0.0466. The average molecular weight is 323 g/mol. The average Bonchev–Trinajstić information content (AvgIpc) is 2.40. The number of pyridine rings is 1. The van der Waals surface area contributed by atoms with Crippen LogP contribution in [-0.4, -0.2) is 17.0 Å². The number of amides is 1. The zero-order chi connectivity index (χ0) is 13.8. The van der Waals surface area contributed by atoms with E-state index in [4.69, 9.17) is 0 Å². The molecule has 0 aliphatic heterocycles. The fourth-order valence-corrected chi connectivity index (χ4v) is 2.26. The molecule has 1 heterocycles. The molecule has 0 radical (unpaired) electrons. The Labute approximate surface area is 119 Å². The molecule has 0 atom stereocenters. The van der Waals surface area contributed by atoms with Gasteiger partial charge in [0.05, 0.1) is 5.52 Å². The summed E-state index contributed by atoms with van der Waals surface area (Å²) in [5, 5.41) is 3.44. The van der Waals surface area contributed by atoms with Gasteiger partial charge in [-0.1, -0.05) is 22.9 Å². The molecular weight excluding hydrogens is 308 g/mol. The van der Waals surface area contributed by atoms with Crippen molar-refractivity contribution in [1.82, 2.24) is 9.88 Å². The molecule has 0 unspecified atom stereocenters. The second kappa shape index (κ2) is 6.02. The zero-order valence-electron chi connectivity index (χ0n) is 10.6. The summed E-state index contributed by atoms with van der Waals surface area (Å²) >= 11 is 3.35. The molecule has 0 fully saturated rings. The number of hydrogen-bond acceptors (Lipinski definition) is 2. The van der Waals surface area contributed by atoms with Gasteiger partial charge in [-0.3, -0.25) is 9.59 Å². The Morgan fingerprint density at radius 1 is 1.37 bits per heavy atom. The SMILES string of the molecule is CCCNC(=O)Cn1ccc(=O)c2cc(Br)ccc21. The number of fused-ring (bicyclic) bond motifs is 1. The van der Waals surface area contributed by atoms with E-state index >= 15 is 0 Å². The van der Waals surface area contributed by atoms with E-state index in [0.717, 1.165) is 16.4 Å². The Morgan fingerprint density at radius 3 is 2.89 bits per heavy atom. The lowest BCUT2D eigenvalue weighted by Crippen LogP contribution is -2.28. The molecule has 0 saturated carbocycles. The van der Waals surface area contributed by atoms with Crippen LogP contribution in [0.1, 0.15) is 13.3 Å². The van der Waals surface area contributed by atoms with Crippen LogP contribution >= 0.6 is 15.9 Å². The predicted octanol–water partition coefficient (Wildman–Crippen LogP) is 2.29. The van der Waals surface area contributed by atoms with Crippen molar-refractivity contribution in [3.8, 4) is 0 Å². The van der Waals surface area contributed by atoms with Crippen molar-refractivity contribution in [1.29, 1.82) is 0 Å². The first-order valence-electron chi connectivity index (χ1n) is 6.17. The van der Waals surface area contributed by atoms with Crippen LogP contribution in [0.15, 0.2) is 39.7 Å². The van der Waals surface area contributed by atoms with Gasteiger partial charge in [0.1, 0.15) is 6.54 Å². The van der Waals surface area contributed by atoms with E-state index in [1.54, 1.807) is 16.8 Å². The monoisotopic (exact) mass is 322 g/mol. The van der Waals surface area contributed by atoms with Crippen molar-refractivity contribution in [2.45, 2.75) is 19.9 Å². The van der Waals surface area contributed by atoms with Crippen molar-refractivity contribution in [2.75, 3.05) is 6.54 Å². The standard InChI is InChI=1S/C14H15BrN2O2/c1-2-6-16-14(19)9-17-7-5-13(18)11-8-10(15)3-4-12(11)17/h3-5,7-8H,2,6,9H2,1H3,(H,16,19). The lowest BCUT2D eigenvalue weighted by Gasteiger charge is -2.10. The fraction of sp³-hybridized carbons (Fsp3) is 0.286. The van der Waals surface area contributed by atoms with E-state index in [9.17, 15) is 9.59 Å². The van der Waals surface area contributed by atoms with Crippen molar-refractivity contribution in [2.24, 2.45) is 0 Å². The van der Waals surface area contributed by atoms with Gasteiger partial charge in [0.15, 0.2) is 5.43 Å². The van der Waals surface area contributed by atoms with Gasteiger partial charge < -0.3 is 9.88 Å². The van der Waals surface area contributed by atoms with Crippen LogP contribution in [0.2, 0.25) is 0 Å². The molecule has 0 aliphatic rings. The lowest BCUT2D eigenvalue weighted by atomic mass is 10.2. The van der Waals surface area contributed by atoms with Gasteiger partial charge in [0, 0.05) is 28.7 Å². The largest absolute Gasteiger partial charge is 0.355 e. The molecular formula is C14H15BrN2O2. The summed E-state index contributed by atoms with van der Waals surface area (Å²) in [6.45, 7) is 2.90. The van der Waals surface area contributed by atoms with Gasteiger partial charge in [-0.05, 0) is 24.6 Å². The summed E-state index contributed by atoms with van der Waals surface area (Å²) in [4.78, 5) is 23.6. The number of benzene rings is 1. The quantitative estimate of drug-likeness (QED) is 0.939. The van der Waals surface area contributed by atoms with E-state index < -0.39 is 0 Å². The molecule has 1 aromatic carbocycles. The molecule has 1 amide bonds. The maximum Gasteiger partial charge on any atom is 0.239 e. The smallest absolute Gasteiger partial charge is 0.239 e. The first-order valence-corrected chi connectivity index (χ1v) is 6.96. The van der Waals surface area contributed by atoms with Crippen LogP contribution < -0.4 is 10.7 Å². The fourth-order valence-electron chi connectivity index (χ4n) is 1.90. The van der Waals surface area contributed by atoms with Gasteiger partial charge in [-0.15, -0.1) is 0 Å². The number of aromatic nitrogens is 1. The molecule has 0 spiro atoms. The molecule has 0 bridgehead atoms. The van der Waals surface area contributed by atoms with Crippen LogP contribution in [-0.2, 0) is 11.3 Å². The van der Waals surface area contributed by atoms with Crippen LogP contribution in [0, 0.1) is 0 Å². The molecule has 1 aromatic heterocycles. The van der Waals surface area contributed by atoms with Crippen LogP contribution in [0.25, 0.3) is 10.9 Å². The summed E-state index contributed by atoms with van der Waals surface area (Å²) in [6, 6.07) is 6.97. The Kier molecular flexibility index (Phi) is 4.37. The summed E-state index contributed by atoms with van der Waals surface area (Å²) < 4.78 is 2.64. The third-order valence-electron chi connectivity index (χ3n) is 2.83. The van der Waals surface area contributed by atoms with Crippen LogP contribution in [0.4, 0.5) is 0 Å². The highest BCUT2D eigenvalue weighted by atomic mass is 79.9. The van der Waals surface area contributed by atoms with Crippen molar-refractivity contribution >= 4 is 32.7 Å². The zero-order valence-corrected chi connectivity index (χ0v) is 12.2. The van der Waals surface area contributed by atoms with Gasteiger partial charge in [0.25, 0.3) is 0 Å². The lowest BCUT2D eigenvalue weighted by molar-refractivity contribution is -0.121. The Bertz CT molecular complexity index is 664. The summed E-state index contributed by atoms with van der Waals surface area (Å²) in [5.74, 6) is -0.0466. The first kappa shape index (κ1) is 13.8. The third kappa shape index (κ3) is 3.23. The Hall–Kier alpha value is -1.62. The van der Waals surface area contributed by atoms with Crippen molar-refractivity contribution in [3.05, 3.63) is 45.2 Å². The molecule has 0 saturated heterocycles.